The van der Waals surface area contributed by atoms with Gasteiger partial charge in [-0.3, -0.25) is 14.7 Å². The minimum absolute atomic E-state index is 0.0404. The van der Waals surface area contributed by atoms with Crippen molar-refractivity contribution >= 4 is 5.91 Å². The number of benzene rings is 1. The summed E-state index contributed by atoms with van der Waals surface area (Å²) in [6.45, 7) is 3.24. The molecule has 0 bridgehead atoms. The number of hydrogen-bond acceptors (Lipinski definition) is 3. The second-order valence-corrected chi connectivity index (χ2v) is 6.60. The summed E-state index contributed by atoms with van der Waals surface area (Å²) < 4.78 is 12.9. The SMILES string of the molecule is O=C(NCCc1ccc(F)cc1)[C@@H]1CCCN(Cc2cccnc2)C1. The number of likely N-dealkylation sites (tertiary alicyclic amines) is 1. The molecule has 25 heavy (non-hydrogen) atoms. The van der Waals surface area contributed by atoms with Crippen molar-refractivity contribution in [1.29, 1.82) is 0 Å². The van der Waals surface area contributed by atoms with Crippen LogP contribution in [0.4, 0.5) is 4.39 Å². The van der Waals surface area contributed by atoms with E-state index >= 15 is 0 Å². The molecule has 0 aliphatic carbocycles. The van der Waals surface area contributed by atoms with Crippen LogP contribution in [0.15, 0.2) is 48.8 Å². The molecule has 0 radical (unpaired) electrons. The van der Waals surface area contributed by atoms with Crippen molar-refractivity contribution in [3.8, 4) is 0 Å². The van der Waals surface area contributed by atoms with Gasteiger partial charge in [0.15, 0.2) is 0 Å². The minimum Gasteiger partial charge on any atom is -0.355 e. The van der Waals surface area contributed by atoms with E-state index in [9.17, 15) is 9.18 Å². The lowest BCUT2D eigenvalue weighted by molar-refractivity contribution is -0.126. The van der Waals surface area contributed by atoms with Crippen LogP contribution in [0.25, 0.3) is 0 Å². The molecule has 4 nitrogen and oxygen atoms in total. The van der Waals surface area contributed by atoms with Crippen molar-refractivity contribution in [2.45, 2.75) is 25.8 Å². The molecule has 3 rings (SSSR count). The Kier molecular flexibility index (Phi) is 6.12. The van der Waals surface area contributed by atoms with E-state index in [0.717, 1.165) is 44.5 Å². The molecular weight excluding hydrogens is 317 g/mol. The van der Waals surface area contributed by atoms with Gasteiger partial charge in [-0.05, 0) is 55.1 Å². The van der Waals surface area contributed by atoms with Crippen LogP contribution in [0.2, 0.25) is 0 Å². The maximum absolute atomic E-state index is 12.9. The highest BCUT2D eigenvalue weighted by atomic mass is 19.1. The van der Waals surface area contributed by atoms with Crippen molar-refractivity contribution in [3.05, 3.63) is 65.7 Å². The Bertz CT molecular complexity index is 675. The van der Waals surface area contributed by atoms with Gasteiger partial charge in [-0.25, -0.2) is 4.39 Å². The van der Waals surface area contributed by atoms with Gasteiger partial charge in [-0.2, -0.15) is 0 Å². The lowest BCUT2D eigenvalue weighted by Gasteiger charge is -2.32. The zero-order valence-corrected chi connectivity index (χ0v) is 14.3. The van der Waals surface area contributed by atoms with Crippen molar-refractivity contribution in [1.82, 2.24) is 15.2 Å². The number of carbonyl (C=O) groups excluding carboxylic acids is 1. The Morgan fingerprint density at radius 2 is 2.08 bits per heavy atom. The van der Waals surface area contributed by atoms with Crippen molar-refractivity contribution in [3.63, 3.8) is 0 Å². The third-order valence-electron chi connectivity index (χ3n) is 4.63. The van der Waals surface area contributed by atoms with Crippen LogP contribution in [-0.2, 0) is 17.8 Å². The fourth-order valence-electron chi connectivity index (χ4n) is 3.29. The summed E-state index contributed by atoms with van der Waals surface area (Å²) in [6, 6.07) is 10.4. The zero-order valence-electron chi connectivity index (χ0n) is 14.3. The van der Waals surface area contributed by atoms with Crippen LogP contribution in [-0.4, -0.2) is 35.4 Å². The summed E-state index contributed by atoms with van der Waals surface area (Å²) in [5, 5.41) is 3.03. The maximum atomic E-state index is 12.9. The predicted octanol–water partition coefficient (Wildman–Crippen LogP) is 2.79. The lowest BCUT2D eigenvalue weighted by atomic mass is 9.96. The second-order valence-electron chi connectivity index (χ2n) is 6.60. The van der Waals surface area contributed by atoms with Crippen LogP contribution >= 0.6 is 0 Å². The Balaban J connectivity index is 1.44. The molecule has 1 amide bonds. The van der Waals surface area contributed by atoms with E-state index in [1.807, 2.05) is 12.3 Å². The number of carbonyl (C=O) groups is 1. The van der Waals surface area contributed by atoms with Crippen LogP contribution in [0, 0.1) is 11.7 Å². The summed E-state index contributed by atoms with van der Waals surface area (Å²) in [7, 11) is 0. The first-order valence-corrected chi connectivity index (χ1v) is 8.84. The van der Waals surface area contributed by atoms with Crippen LogP contribution < -0.4 is 5.32 Å². The molecule has 5 heteroatoms. The first kappa shape index (κ1) is 17.5. The van der Waals surface area contributed by atoms with Gasteiger partial charge in [-0.1, -0.05) is 18.2 Å². The molecule has 1 saturated heterocycles. The van der Waals surface area contributed by atoms with E-state index in [2.05, 4.69) is 21.3 Å². The van der Waals surface area contributed by atoms with Crippen LogP contribution in [0.3, 0.4) is 0 Å². The van der Waals surface area contributed by atoms with E-state index in [0.29, 0.717) is 6.54 Å². The van der Waals surface area contributed by atoms with E-state index in [1.165, 1.54) is 17.7 Å². The van der Waals surface area contributed by atoms with Gasteiger partial charge in [0, 0.05) is 32.0 Å². The molecule has 0 unspecified atom stereocenters. The highest BCUT2D eigenvalue weighted by Crippen LogP contribution is 2.18. The molecule has 1 aromatic carbocycles. The number of nitrogens with one attached hydrogen (secondary N) is 1. The Morgan fingerprint density at radius 3 is 2.84 bits per heavy atom. The van der Waals surface area contributed by atoms with E-state index in [1.54, 1.807) is 18.3 Å². The van der Waals surface area contributed by atoms with Gasteiger partial charge in [0.1, 0.15) is 5.82 Å². The second kappa shape index (κ2) is 8.72. The zero-order chi connectivity index (χ0) is 17.5. The van der Waals surface area contributed by atoms with E-state index < -0.39 is 0 Å². The normalized spacial score (nSPS) is 18.0. The molecule has 1 fully saturated rings. The largest absolute Gasteiger partial charge is 0.355 e. The summed E-state index contributed by atoms with van der Waals surface area (Å²) in [4.78, 5) is 18.9. The summed E-state index contributed by atoms with van der Waals surface area (Å²) in [5.74, 6) is -0.0691. The number of aromatic nitrogens is 1. The van der Waals surface area contributed by atoms with Gasteiger partial charge in [-0.15, -0.1) is 0 Å². The van der Waals surface area contributed by atoms with Crippen molar-refractivity contribution in [2.75, 3.05) is 19.6 Å². The van der Waals surface area contributed by atoms with Crippen molar-refractivity contribution < 1.29 is 9.18 Å². The molecule has 1 aliphatic heterocycles. The van der Waals surface area contributed by atoms with Crippen molar-refractivity contribution in [2.24, 2.45) is 5.92 Å². The minimum atomic E-state index is -0.233. The molecule has 0 spiro atoms. The number of nitrogens with zero attached hydrogens (tertiary/aromatic N) is 2. The van der Waals surface area contributed by atoms with E-state index in [-0.39, 0.29) is 17.6 Å². The first-order chi connectivity index (χ1) is 12.2. The highest BCUT2D eigenvalue weighted by Gasteiger charge is 2.25. The third kappa shape index (κ3) is 5.36. The number of halogens is 1. The van der Waals surface area contributed by atoms with Crippen LogP contribution in [0.5, 0.6) is 0 Å². The fraction of sp³-hybridized carbons (Fsp3) is 0.400. The van der Waals surface area contributed by atoms with Gasteiger partial charge < -0.3 is 5.32 Å². The average molecular weight is 341 g/mol. The Hall–Kier alpha value is -2.27. The number of pyridine rings is 1. The molecule has 2 heterocycles. The quantitative estimate of drug-likeness (QED) is 0.879. The van der Waals surface area contributed by atoms with Gasteiger partial charge in [0.2, 0.25) is 5.91 Å². The molecular formula is C20H24FN3O. The fourth-order valence-corrected chi connectivity index (χ4v) is 3.29. The standard InChI is InChI=1S/C20H24FN3O/c21-19-7-5-16(6-8-19)9-11-23-20(25)18-4-2-12-24(15-18)14-17-3-1-10-22-13-17/h1,3,5-8,10,13,18H,2,4,9,11-12,14-15H2,(H,23,25)/t18-/m1/s1. The van der Waals surface area contributed by atoms with Crippen LogP contribution in [0.1, 0.15) is 24.0 Å². The Labute approximate surface area is 148 Å². The highest BCUT2D eigenvalue weighted by molar-refractivity contribution is 5.78. The predicted molar refractivity (Wildman–Crippen MR) is 95.4 cm³/mol. The van der Waals surface area contributed by atoms with E-state index in [4.69, 9.17) is 0 Å². The van der Waals surface area contributed by atoms with Gasteiger partial charge in [0.05, 0.1) is 5.92 Å². The molecule has 0 saturated carbocycles. The number of amides is 1. The van der Waals surface area contributed by atoms with Gasteiger partial charge >= 0.3 is 0 Å². The molecule has 1 aliphatic rings. The monoisotopic (exact) mass is 341 g/mol. The molecule has 1 atom stereocenters. The molecule has 1 N–H and O–H groups in total. The smallest absolute Gasteiger partial charge is 0.224 e. The molecule has 1 aromatic heterocycles. The Morgan fingerprint density at radius 1 is 1.24 bits per heavy atom. The maximum Gasteiger partial charge on any atom is 0.224 e. The number of piperidine rings is 1. The number of hydrogen-bond donors (Lipinski definition) is 1. The average Bonchev–Trinajstić information content (AvgIpc) is 2.64. The summed E-state index contributed by atoms with van der Waals surface area (Å²) in [6.07, 6.45) is 6.35. The lowest BCUT2D eigenvalue weighted by Crippen LogP contribution is -2.43. The topological polar surface area (TPSA) is 45.2 Å². The molecule has 132 valence electrons. The first-order valence-electron chi connectivity index (χ1n) is 8.84. The number of rotatable bonds is 6. The molecule has 2 aromatic rings. The summed E-state index contributed by atoms with van der Waals surface area (Å²) in [5.41, 5.74) is 2.21. The summed E-state index contributed by atoms with van der Waals surface area (Å²) >= 11 is 0. The third-order valence-corrected chi connectivity index (χ3v) is 4.63. The van der Waals surface area contributed by atoms with Gasteiger partial charge in [0.25, 0.3) is 0 Å².